The summed E-state index contributed by atoms with van der Waals surface area (Å²) >= 11 is 0. The molecule has 0 radical (unpaired) electrons. The maximum absolute atomic E-state index is 10.3. The van der Waals surface area contributed by atoms with Crippen LogP contribution in [0.2, 0.25) is 0 Å². The Balaban J connectivity index is 3.07. The summed E-state index contributed by atoms with van der Waals surface area (Å²) in [4.78, 5) is 18.7. The minimum atomic E-state index is -1.93. The quantitative estimate of drug-likeness (QED) is 0.463. The summed E-state index contributed by atoms with van der Waals surface area (Å²) in [5.41, 5.74) is -0.704. The van der Waals surface area contributed by atoms with Crippen molar-refractivity contribution in [1.29, 1.82) is 0 Å². The maximum Gasteiger partial charge on any atom is 0.304 e. The van der Waals surface area contributed by atoms with Crippen molar-refractivity contribution in [3.8, 4) is 0 Å². The molecule has 0 saturated carbocycles. The molecule has 0 amide bonds. The summed E-state index contributed by atoms with van der Waals surface area (Å²) in [6.07, 6.45) is -0.261. The highest BCUT2D eigenvalue weighted by Gasteiger charge is 2.44. The van der Waals surface area contributed by atoms with Gasteiger partial charge in [0.25, 0.3) is 5.70 Å². The molecule has 2 unspecified atom stereocenters. The molecule has 1 aliphatic rings. The van der Waals surface area contributed by atoms with Crippen molar-refractivity contribution in [2.75, 3.05) is 0 Å². The van der Waals surface area contributed by atoms with E-state index in [9.17, 15) is 25.3 Å². The zero-order chi connectivity index (χ0) is 10.9. The van der Waals surface area contributed by atoms with Gasteiger partial charge in [-0.25, -0.2) is 0 Å². The number of aliphatic hydroxyl groups is 2. The van der Waals surface area contributed by atoms with Crippen molar-refractivity contribution in [2.24, 2.45) is 0 Å². The van der Waals surface area contributed by atoms with E-state index < -0.39 is 33.4 Å². The highest BCUT2D eigenvalue weighted by atomic mass is 16.6. The lowest BCUT2D eigenvalue weighted by Crippen LogP contribution is -2.40. The molecule has 0 aliphatic heterocycles. The first kappa shape index (κ1) is 10.1. The maximum atomic E-state index is 10.3. The molecule has 0 aromatic rings. The van der Waals surface area contributed by atoms with E-state index in [1.165, 1.54) is 0 Å². The molecule has 2 N–H and O–H groups in total. The summed E-state index contributed by atoms with van der Waals surface area (Å²) in [6, 6.07) is -1.86. The standard InChI is InChI=1S/C6H6N2O6/c9-4-2-1-3(7(11)12)6(10)5(4)8(13)14/h1-2,5-6,9-10H. The Morgan fingerprint density at radius 3 is 2.29 bits per heavy atom. The van der Waals surface area contributed by atoms with Crippen molar-refractivity contribution in [1.82, 2.24) is 0 Å². The van der Waals surface area contributed by atoms with Crippen molar-refractivity contribution in [3.05, 3.63) is 43.8 Å². The largest absolute Gasteiger partial charge is 0.506 e. The molecule has 1 rings (SSSR count). The van der Waals surface area contributed by atoms with E-state index in [0.717, 1.165) is 12.2 Å². The fourth-order valence-electron chi connectivity index (χ4n) is 1.08. The highest BCUT2D eigenvalue weighted by Crippen LogP contribution is 2.20. The van der Waals surface area contributed by atoms with Gasteiger partial charge >= 0.3 is 6.04 Å². The third-order valence-corrected chi connectivity index (χ3v) is 1.77. The van der Waals surface area contributed by atoms with Crippen LogP contribution in [0.3, 0.4) is 0 Å². The van der Waals surface area contributed by atoms with Crippen molar-refractivity contribution >= 4 is 0 Å². The molecule has 8 heteroatoms. The molecule has 2 atom stereocenters. The number of nitrogens with zero attached hydrogens (tertiary/aromatic N) is 2. The van der Waals surface area contributed by atoms with Crippen LogP contribution in [0.25, 0.3) is 0 Å². The van der Waals surface area contributed by atoms with Gasteiger partial charge in [0, 0.05) is 11.0 Å². The lowest BCUT2D eigenvalue weighted by molar-refractivity contribution is -0.537. The third kappa shape index (κ3) is 1.55. The third-order valence-electron chi connectivity index (χ3n) is 1.77. The number of aliphatic hydroxyl groups excluding tert-OH is 2. The summed E-state index contributed by atoms with van der Waals surface area (Å²) in [5, 5.41) is 38.8. The normalized spacial score (nSPS) is 26.4. The summed E-state index contributed by atoms with van der Waals surface area (Å²) < 4.78 is 0. The second-order valence-corrected chi connectivity index (χ2v) is 2.62. The fourth-order valence-corrected chi connectivity index (χ4v) is 1.08. The molecule has 8 nitrogen and oxygen atoms in total. The SMILES string of the molecule is O=[N+]([O-])C1=CC=C(O)C([N+](=O)[O-])C1O. The molecule has 0 spiro atoms. The zero-order valence-corrected chi connectivity index (χ0v) is 6.73. The van der Waals surface area contributed by atoms with Gasteiger partial charge in [0.1, 0.15) is 0 Å². The molecule has 0 saturated heterocycles. The van der Waals surface area contributed by atoms with Crippen LogP contribution in [-0.2, 0) is 0 Å². The van der Waals surface area contributed by atoms with Gasteiger partial charge in [0.15, 0.2) is 5.76 Å². The molecule has 0 heterocycles. The Morgan fingerprint density at radius 1 is 1.29 bits per heavy atom. The minimum absolute atomic E-state index is 0.701. The van der Waals surface area contributed by atoms with Gasteiger partial charge < -0.3 is 10.2 Å². The van der Waals surface area contributed by atoms with Crippen LogP contribution < -0.4 is 0 Å². The number of allylic oxidation sites excluding steroid dienone is 2. The molecule has 14 heavy (non-hydrogen) atoms. The number of hydrogen-bond donors (Lipinski definition) is 2. The van der Waals surface area contributed by atoms with Crippen LogP contribution in [0.5, 0.6) is 0 Å². The number of hydrogen-bond acceptors (Lipinski definition) is 6. The monoisotopic (exact) mass is 202 g/mol. The van der Waals surface area contributed by atoms with E-state index in [1.54, 1.807) is 0 Å². The van der Waals surface area contributed by atoms with E-state index in [0.29, 0.717) is 0 Å². The molecule has 0 aromatic carbocycles. The van der Waals surface area contributed by atoms with Crippen LogP contribution in [0.1, 0.15) is 0 Å². The van der Waals surface area contributed by atoms with Crippen molar-refractivity contribution < 1.29 is 20.1 Å². The average Bonchev–Trinajstić information content (AvgIpc) is 2.02. The molecule has 0 bridgehead atoms. The van der Waals surface area contributed by atoms with Gasteiger partial charge in [-0.1, -0.05) is 0 Å². The molecular weight excluding hydrogens is 196 g/mol. The minimum Gasteiger partial charge on any atom is -0.506 e. The lowest BCUT2D eigenvalue weighted by Gasteiger charge is -2.15. The van der Waals surface area contributed by atoms with Crippen LogP contribution in [0.4, 0.5) is 0 Å². The van der Waals surface area contributed by atoms with Crippen molar-refractivity contribution in [2.45, 2.75) is 12.1 Å². The second kappa shape index (κ2) is 3.42. The van der Waals surface area contributed by atoms with E-state index >= 15 is 0 Å². The zero-order valence-electron chi connectivity index (χ0n) is 6.73. The van der Waals surface area contributed by atoms with Gasteiger partial charge in [-0.3, -0.25) is 20.2 Å². The molecule has 0 fully saturated rings. The van der Waals surface area contributed by atoms with Crippen LogP contribution >= 0.6 is 0 Å². The van der Waals surface area contributed by atoms with E-state index in [4.69, 9.17) is 5.11 Å². The Bertz CT molecular complexity index is 346. The van der Waals surface area contributed by atoms with E-state index in [2.05, 4.69) is 0 Å². The summed E-state index contributed by atoms with van der Waals surface area (Å²) in [6.45, 7) is 0. The highest BCUT2D eigenvalue weighted by molar-refractivity contribution is 5.24. The smallest absolute Gasteiger partial charge is 0.304 e. The van der Waals surface area contributed by atoms with E-state index in [-0.39, 0.29) is 0 Å². The van der Waals surface area contributed by atoms with Crippen LogP contribution in [0, 0.1) is 20.2 Å². The van der Waals surface area contributed by atoms with E-state index in [1.807, 2.05) is 0 Å². The van der Waals surface area contributed by atoms with Gasteiger partial charge in [0.2, 0.25) is 6.10 Å². The number of nitro groups is 2. The van der Waals surface area contributed by atoms with Gasteiger partial charge in [-0.15, -0.1) is 0 Å². The Hall–Kier alpha value is -1.96. The molecular formula is C6H6N2O6. The first-order chi connectivity index (χ1) is 6.45. The predicted octanol–water partition coefficient (Wildman–Crippen LogP) is -0.391. The average molecular weight is 202 g/mol. The lowest BCUT2D eigenvalue weighted by atomic mass is 10.0. The van der Waals surface area contributed by atoms with Gasteiger partial charge in [-0.2, -0.15) is 0 Å². The predicted molar refractivity (Wildman–Crippen MR) is 42.6 cm³/mol. The summed E-state index contributed by atoms with van der Waals surface area (Å²) in [7, 11) is 0. The fraction of sp³-hybridized carbons (Fsp3) is 0.333. The van der Waals surface area contributed by atoms with Crippen LogP contribution in [-0.4, -0.2) is 32.2 Å². The van der Waals surface area contributed by atoms with Gasteiger partial charge in [0.05, 0.1) is 4.92 Å². The van der Waals surface area contributed by atoms with Crippen molar-refractivity contribution in [3.63, 3.8) is 0 Å². The Labute approximate surface area is 77.1 Å². The van der Waals surface area contributed by atoms with Crippen LogP contribution in [0.15, 0.2) is 23.6 Å². The Morgan fingerprint density at radius 2 is 1.86 bits per heavy atom. The molecule has 0 aromatic heterocycles. The first-order valence-electron chi connectivity index (χ1n) is 3.52. The second-order valence-electron chi connectivity index (χ2n) is 2.62. The number of rotatable bonds is 2. The molecule has 1 aliphatic carbocycles. The topological polar surface area (TPSA) is 127 Å². The Kier molecular flexibility index (Phi) is 2.47. The van der Waals surface area contributed by atoms with Gasteiger partial charge in [-0.05, 0) is 6.08 Å². The first-order valence-corrected chi connectivity index (χ1v) is 3.52. The summed E-state index contributed by atoms with van der Waals surface area (Å²) in [5.74, 6) is -0.701. The molecule has 76 valence electrons.